The lowest BCUT2D eigenvalue weighted by atomic mass is 9.99. The van der Waals surface area contributed by atoms with Gasteiger partial charge in [0.25, 0.3) is 5.56 Å². The van der Waals surface area contributed by atoms with Gasteiger partial charge in [-0.05, 0) is 69.9 Å². The average Bonchev–Trinajstić information content (AvgIpc) is 2.85. The highest BCUT2D eigenvalue weighted by Gasteiger charge is 2.21. The number of pyridine rings is 1. The van der Waals surface area contributed by atoms with Gasteiger partial charge >= 0.3 is 11.7 Å². The SMILES string of the molecule is CCOC(=O)C[C@H](NC(=O)CCc1c(C)nc2c(c1C)c(=O)n(C)c(=O)n2C)c1ccc(OC(C)C)cc1. The van der Waals surface area contributed by atoms with Gasteiger partial charge in [0.2, 0.25) is 5.91 Å². The van der Waals surface area contributed by atoms with Crippen molar-refractivity contribution in [2.24, 2.45) is 14.1 Å². The fraction of sp³-hybridized carbons (Fsp3) is 0.464. The second-order valence-electron chi connectivity index (χ2n) is 9.57. The first-order valence-corrected chi connectivity index (χ1v) is 12.7. The number of hydrogen-bond donors (Lipinski definition) is 1. The fourth-order valence-electron chi connectivity index (χ4n) is 4.50. The van der Waals surface area contributed by atoms with E-state index in [1.165, 1.54) is 11.6 Å². The Hall–Kier alpha value is -3.95. The Balaban J connectivity index is 1.83. The van der Waals surface area contributed by atoms with Crippen LogP contribution in [0.2, 0.25) is 0 Å². The third kappa shape index (κ3) is 6.30. The van der Waals surface area contributed by atoms with Crippen LogP contribution in [0, 0.1) is 13.8 Å². The summed E-state index contributed by atoms with van der Waals surface area (Å²) < 4.78 is 13.2. The van der Waals surface area contributed by atoms with Crippen molar-refractivity contribution in [3.8, 4) is 5.75 Å². The number of ether oxygens (including phenoxy) is 2. The zero-order chi connectivity index (χ0) is 28.1. The van der Waals surface area contributed by atoms with Crippen LogP contribution in [0.3, 0.4) is 0 Å². The molecule has 1 atom stereocenters. The zero-order valence-electron chi connectivity index (χ0n) is 23.1. The molecule has 0 saturated heterocycles. The third-order valence-corrected chi connectivity index (χ3v) is 6.44. The van der Waals surface area contributed by atoms with Gasteiger partial charge in [0.05, 0.1) is 30.6 Å². The molecule has 0 saturated carbocycles. The number of nitrogens with one attached hydrogen (secondary N) is 1. The Kier molecular flexibility index (Phi) is 9.08. The second-order valence-corrected chi connectivity index (χ2v) is 9.57. The molecule has 38 heavy (non-hydrogen) atoms. The van der Waals surface area contributed by atoms with Crippen molar-refractivity contribution in [2.45, 2.75) is 66.0 Å². The van der Waals surface area contributed by atoms with Crippen LogP contribution in [0.1, 0.15) is 62.0 Å². The number of fused-ring (bicyclic) bond motifs is 1. The lowest BCUT2D eigenvalue weighted by molar-refractivity contribution is -0.143. The number of esters is 1. The van der Waals surface area contributed by atoms with Crippen molar-refractivity contribution >= 4 is 22.9 Å². The van der Waals surface area contributed by atoms with Crippen LogP contribution in [0.5, 0.6) is 5.75 Å². The molecule has 10 nitrogen and oxygen atoms in total. The molecule has 10 heteroatoms. The number of hydrogen-bond acceptors (Lipinski definition) is 7. The third-order valence-electron chi connectivity index (χ3n) is 6.44. The van der Waals surface area contributed by atoms with Crippen LogP contribution < -0.4 is 21.3 Å². The van der Waals surface area contributed by atoms with Crippen molar-refractivity contribution in [3.63, 3.8) is 0 Å². The smallest absolute Gasteiger partial charge is 0.332 e. The minimum Gasteiger partial charge on any atom is -0.491 e. The minimum atomic E-state index is -0.576. The van der Waals surface area contributed by atoms with E-state index < -0.39 is 23.3 Å². The molecule has 1 N–H and O–H groups in total. The summed E-state index contributed by atoms with van der Waals surface area (Å²) >= 11 is 0. The molecular weight excluding hydrogens is 488 g/mol. The lowest BCUT2D eigenvalue weighted by Gasteiger charge is -2.20. The standard InChI is InChI=1S/C28H36N4O6/c1-8-37-24(34)15-22(19-9-11-20(12-10-19)38-16(2)3)30-23(33)14-13-21-17(4)25-26(29-18(21)5)31(6)28(36)32(7)27(25)35/h9-12,16,22H,8,13-15H2,1-7H3,(H,30,33)/t22-/m0/s1. The molecule has 0 spiro atoms. The predicted molar refractivity (Wildman–Crippen MR) is 144 cm³/mol. The Morgan fingerprint density at radius 2 is 1.71 bits per heavy atom. The van der Waals surface area contributed by atoms with Gasteiger partial charge in [0.15, 0.2) is 0 Å². The van der Waals surface area contributed by atoms with E-state index in [4.69, 9.17) is 9.47 Å². The molecule has 0 aliphatic rings. The first-order chi connectivity index (χ1) is 17.9. The molecule has 0 bridgehead atoms. The Morgan fingerprint density at radius 3 is 2.32 bits per heavy atom. The molecule has 1 aromatic carbocycles. The summed E-state index contributed by atoms with van der Waals surface area (Å²) in [5.74, 6) is 0.0320. The van der Waals surface area contributed by atoms with Crippen LogP contribution in [0.25, 0.3) is 11.0 Å². The van der Waals surface area contributed by atoms with Gasteiger partial charge in [0.1, 0.15) is 11.4 Å². The molecule has 3 rings (SSSR count). The molecule has 0 aliphatic heterocycles. The summed E-state index contributed by atoms with van der Waals surface area (Å²) in [6.45, 7) is 9.46. The summed E-state index contributed by atoms with van der Waals surface area (Å²) in [7, 11) is 3.01. The molecule has 0 unspecified atom stereocenters. The quantitative estimate of drug-likeness (QED) is 0.405. The van der Waals surface area contributed by atoms with Gasteiger partial charge < -0.3 is 14.8 Å². The first-order valence-electron chi connectivity index (χ1n) is 12.7. The number of aromatic nitrogens is 3. The van der Waals surface area contributed by atoms with Crippen LogP contribution in [-0.4, -0.2) is 38.7 Å². The van der Waals surface area contributed by atoms with Crippen molar-refractivity contribution in [1.82, 2.24) is 19.4 Å². The highest BCUT2D eigenvalue weighted by atomic mass is 16.5. The summed E-state index contributed by atoms with van der Waals surface area (Å²) in [6, 6.07) is 6.68. The topological polar surface area (TPSA) is 122 Å². The molecule has 0 radical (unpaired) electrons. The van der Waals surface area contributed by atoms with Crippen LogP contribution in [-0.2, 0) is 34.8 Å². The van der Waals surface area contributed by atoms with Crippen molar-refractivity contribution in [3.05, 3.63) is 67.5 Å². The van der Waals surface area contributed by atoms with E-state index in [1.54, 1.807) is 40.0 Å². The predicted octanol–water partition coefficient (Wildman–Crippen LogP) is 2.78. The minimum absolute atomic E-state index is 0.0103. The summed E-state index contributed by atoms with van der Waals surface area (Å²) in [4.78, 5) is 55.0. The average molecular weight is 525 g/mol. The molecular formula is C28H36N4O6. The molecule has 1 amide bonds. The van der Waals surface area contributed by atoms with Gasteiger partial charge in [0, 0.05) is 26.2 Å². The summed E-state index contributed by atoms with van der Waals surface area (Å²) in [5.41, 5.74) is 2.33. The number of rotatable bonds is 10. The molecule has 0 fully saturated rings. The van der Waals surface area contributed by atoms with Crippen LogP contribution in [0.4, 0.5) is 0 Å². The van der Waals surface area contributed by atoms with Gasteiger partial charge in [-0.1, -0.05) is 12.1 Å². The van der Waals surface area contributed by atoms with Gasteiger partial charge in [-0.3, -0.25) is 23.5 Å². The number of amides is 1. The number of aryl methyl sites for hydroxylation is 3. The maximum Gasteiger partial charge on any atom is 0.332 e. The number of nitrogens with zero attached hydrogens (tertiary/aromatic N) is 3. The highest BCUT2D eigenvalue weighted by Crippen LogP contribution is 2.23. The normalized spacial score (nSPS) is 12.0. The van der Waals surface area contributed by atoms with E-state index >= 15 is 0 Å². The van der Waals surface area contributed by atoms with E-state index in [0.717, 1.165) is 15.7 Å². The van der Waals surface area contributed by atoms with Crippen molar-refractivity contribution in [2.75, 3.05) is 6.61 Å². The van der Waals surface area contributed by atoms with E-state index in [2.05, 4.69) is 10.3 Å². The monoisotopic (exact) mass is 524 g/mol. The number of carbonyl (C=O) groups excluding carboxylic acids is 2. The maximum absolute atomic E-state index is 13.0. The number of carbonyl (C=O) groups is 2. The first kappa shape index (κ1) is 28.6. The van der Waals surface area contributed by atoms with E-state index in [-0.39, 0.29) is 31.5 Å². The Labute approximate surface area is 221 Å². The lowest BCUT2D eigenvalue weighted by Crippen LogP contribution is -2.38. The Morgan fingerprint density at radius 1 is 1.05 bits per heavy atom. The largest absolute Gasteiger partial charge is 0.491 e. The van der Waals surface area contributed by atoms with Gasteiger partial charge in [-0.15, -0.1) is 0 Å². The van der Waals surface area contributed by atoms with Crippen LogP contribution in [0.15, 0.2) is 33.9 Å². The number of benzene rings is 1. The molecule has 2 heterocycles. The van der Waals surface area contributed by atoms with Gasteiger partial charge in [-0.2, -0.15) is 0 Å². The zero-order valence-corrected chi connectivity index (χ0v) is 23.1. The second kappa shape index (κ2) is 12.1. The van der Waals surface area contributed by atoms with E-state index in [0.29, 0.717) is 34.5 Å². The van der Waals surface area contributed by atoms with Crippen molar-refractivity contribution in [1.29, 1.82) is 0 Å². The maximum atomic E-state index is 13.0. The Bertz CT molecular complexity index is 1450. The fourth-order valence-corrected chi connectivity index (χ4v) is 4.50. The molecule has 0 aliphatic carbocycles. The summed E-state index contributed by atoms with van der Waals surface area (Å²) in [6.07, 6.45) is 0.474. The van der Waals surface area contributed by atoms with Gasteiger partial charge in [-0.25, -0.2) is 9.78 Å². The van der Waals surface area contributed by atoms with Crippen molar-refractivity contribution < 1.29 is 19.1 Å². The molecule has 3 aromatic rings. The van der Waals surface area contributed by atoms with E-state index in [9.17, 15) is 19.2 Å². The molecule has 204 valence electrons. The summed E-state index contributed by atoms with van der Waals surface area (Å²) in [5, 5.41) is 3.31. The van der Waals surface area contributed by atoms with Crippen LogP contribution >= 0.6 is 0 Å². The highest BCUT2D eigenvalue weighted by molar-refractivity contribution is 5.81. The molecule has 2 aromatic heterocycles. The van der Waals surface area contributed by atoms with E-state index in [1.807, 2.05) is 26.0 Å².